The van der Waals surface area contributed by atoms with Crippen LogP contribution in [0.4, 0.5) is 4.39 Å². The lowest BCUT2D eigenvalue weighted by Crippen LogP contribution is -2.12. The third-order valence-electron chi connectivity index (χ3n) is 3.35. The molecule has 0 N–H and O–H groups in total. The van der Waals surface area contributed by atoms with E-state index in [1.54, 1.807) is 37.5 Å². The van der Waals surface area contributed by atoms with Crippen molar-refractivity contribution in [2.45, 2.75) is 0 Å². The number of esters is 1. The summed E-state index contributed by atoms with van der Waals surface area (Å²) in [6, 6.07) is 10.8. The Balaban J connectivity index is 1.89. The van der Waals surface area contributed by atoms with Crippen LogP contribution in [0.3, 0.4) is 0 Å². The average Bonchev–Trinajstić information content (AvgIpc) is 2.64. The molecule has 0 unspecified atom stereocenters. The first-order valence-corrected chi connectivity index (χ1v) is 7.39. The number of carbonyl (C=O) groups excluding carboxylic acids is 2. The number of rotatable bonds is 7. The third kappa shape index (κ3) is 5.17. The van der Waals surface area contributed by atoms with Crippen LogP contribution in [0.1, 0.15) is 15.9 Å². The first-order valence-electron chi connectivity index (χ1n) is 7.39. The van der Waals surface area contributed by atoms with Gasteiger partial charge in [0.25, 0.3) is 0 Å². The predicted molar refractivity (Wildman–Crippen MR) is 90.3 cm³/mol. The first-order chi connectivity index (χ1) is 12.0. The monoisotopic (exact) mass is 344 g/mol. The molecule has 0 heterocycles. The zero-order valence-electron chi connectivity index (χ0n) is 13.8. The molecule has 0 spiro atoms. The Morgan fingerprint density at radius 1 is 1.04 bits per heavy atom. The van der Waals surface area contributed by atoms with Crippen molar-refractivity contribution in [2.75, 3.05) is 20.8 Å². The minimum Gasteiger partial charge on any atom is -0.497 e. The second-order valence-electron chi connectivity index (χ2n) is 4.99. The lowest BCUT2D eigenvalue weighted by Gasteiger charge is -2.05. The number of hydrogen-bond acceptors (Lipinski definition) is 5. The number of ether oxygens (including phenoxy) is 3. The maximum atomic E-state index is 13.6. The van der Waals surface area contributed by atoms with E-state index in [0.29, 0.717) is 5.75 Å². The molecule has 0 aliphatic rings. The summed E-state index contributed by atoms with van der Waals surface area (Å²) in [4.78, 5) is 23.6. The molecule has 130 valence electrons. The van der Waals surface area contributed by atoms with Crippen molar-refractivity contribution in [3.63, 3.8) is 0 Å². The average molecular weight is 344 g/mol. The van der Waals surface area contributed by atoms with Crippen LogP contribution in [0.5, 0.6) is 11.5 Å². The molecule has 0 radical (unpaired) electrons. The number of ketones is 1. The fourth-order valence-corrected chi connectivity index (χ4v) is 1.99. The van der Waals surface area contributed by atoms with Crippen LogP contribution in [0, 0.1) is 5.82 Å². The standard InChI is InChI=1S/C19H17FO5/c1-23-15-7-3-13(4-8-15)5-10-19(22)25-12-17(21)14-6-9-18(24-2)16(20)11-14/h3-11H,12H2,1-2H3/b10-5+. The second-order valence-corrected chi connectivity index (χ2v) is 4.99. The van der Waals surface area contributed by atoms with Crippen molar-refractivity contribution in [3.05, 3.63) is 65.5 Å². The van der Waals surface area contributed by atoms with Gasteiger partial charge in [-0.3, -0.25) is 4.79 Å². The van der Waals surface area contributed by atoms with Gasteiger partial charge in [0.2, 0.25) is 0 Å². The van der Waals surface area contributed by atoms with Crippen molar-refractivity contribution < 1.29 is 28.2 Å². The van der Waals surface area contributed by atoms with Gasteiger partial charge in [0.05, 0.1) is 14.2 Å². The lowest BCUT2D eigenvalue weighted by molar-refractivity contribution is -0.136. The number of hydrogen-bond donors (Lipinski definition) is 0. The molecule has 0 aromatic heterocycles. The van der Waals surface area contributed by atoms with Crippen LogP contribution in [-0.2, 0) is 9.53 Å². The zero-order chi connectivity index (χ0) is 18.2. The minimum atomic E-state index is -0.668. The Hall–Kier alpha value is -3.15. The predicted octanol–water partition coefficient (Wildman–Crippen LogP) is 3.28. The highest BCUT2D eigenvalue weighted by atomic mass is 19.1. The summed E-state index contributed by atoms with van der Waals surface area (Å²) in [6.45, 7) is -0.475. The fourth-order valence-electron chi connectivity index (χ4n) is 1.99. The summed E-state index contributed by atoms with van der Waals surface area (Å²) in [5.74, 6) is -1.09. The summed E-state index contributed by atoms with van der Waals surface area (Å²) < 4.78 is 28.2. The van der Waals surface area contributed by atoms with E-state index in [0.717, 1.165) is 11.6 Å². The Morgan fingerprint density at radius 2 is 1.76 bits per heavy atom. The van der Waals surface area contributed by atoms with Gasteiger partial charge in [-0.05, 0) is 42.0 Å². The van der Waals surface area contributed by atoms with Crippen LogP contribution in [0.25, 0.3) is 6.08 Å². The Morgan fingerprint density at radius 3 is 2.36 bits per heavy atom. The largest absolute Gasteiger partial charge is 0.497 e. The van der Waals surface area contributed by atoms with Gasteiger partial charge in [-0.2, -0.15) is 0 Å². The minimum absolute atomic E-state index is 0.0379. The molecular formula is C19H17FO5. The Labute approximate surface area is 144 Å². The second kappa shape index (κ2) is 8.63. The number of halogens is 1. The summed E-state index contributed by atoms with van der Waals surface area (Å²) in [5, 5.41) is 0. The van der Waals surface area contributed by atoms with E-state index < -0.39 is 24.2 Å². The molecule has 0 amide bonds. The van der Waals surface area contributed by atoms with Crippen molar-refractivity contribution in [1.29, 1.82) is 0 Å². The van der Waals surface area contributed by atoms with E-state index in [2.05, 4.69) is 0 Å². The van der Waals surface area contributed by atoms with Crippen LogP contribution >= 0.6 is 0 Å². The normalized spacial score (nSPS) is 10.5. The van der Waals surface area contributed by atoms with Gasteiger partial charge < -0.3 is 14.2 Å². The SMILES string of the molecule is COc1ccc(/C=C/C(=O)OCC(=O)c2ccc(OC)c(F)c2)cc1. The highest BCUT2D eigenvalue weighted by Crippen LogP contribution is 2.18. The van der Waals surface area contributed by atoms with Crippen LogP contribution in [0.15, 0.2) is 48.5 Å². The molecule has 0 fully saturated rings. The summed E-state index contributed by atoms with van der Waals surface area (Å²) in [5.41, 5.74) is 0.881. The van der Waals surface area contributed by atoms with Crippen molar-refractivity contribution >= 4 is 17.8 Å². The molecule has 5 nitrogen and oxygen atoms in total. The van der Waals surface area contributed by atoms with E-state index >= 15 is 0 Å². The molecule has 2 rings (SSSR count). The van der Waals surface area contributed by atoms with Gasteiger partial charge in [0.15, 0.2) is 24.0 Å². The molecule has 0 saturated heterocycles. The first kappa shape index (κ1) is 18.2. The van der Waals surface area contributed by atoms with Crippen LogP contribution in [-0.4, -0.2) is 32.6 Å². The maximum Gasteiger partial charge on any atom is 0.331 e. The van der Waals surface area contributed by atoms with Gasteiger partial charge in [-0.15, -0.1) is 0 Å². The molecule has 2 aromatic carbocycles. The number of carbonyl (C=O) groups is 2. The summed E-state index contributed by atoms with van der Waals surface area (Å²) >= 11 is 0. The Bertz CT molecular complexity index is 781. The summed E-state index contributed by atoms with van der Waals surface area (Å²) in [6.07, 6.45) is 2.77. The molecule has 25 heavy (non-hydrogen) atoms. The van der Waals surface area contributed by atoms with Gasteiger partial charge in [0, 0.05) is 11.6 Å². The zero-order valence-corrected chi connectivity index (χ0v) is 13.8. The van der Waals surface area contributed by atoms with Crippen LogP contribution in [0.2, 0.25) is 0 Å². The number of methoxy groups -OCH3 is 2. The summed E-state index contributed by atoms with van der Waals surface area (Å²) in [7, 11) is 2.89. The number of benzene rings is 2. The molecule has 0 atom stereocenters. The van der Waals surface area contributed by atoms with Gasteiger partial charge in [-0.1, -0.05) is 12.1 Å². The fraction of sp³-hybridized carbons (Fsp3) is 0.158. The van der Waals surface area contributed by atoms with Gasteiger partial charge >= 0.3 is 5.97 Å². The topological polar surface area (TPSA) is 61.8 Å². The highest BCUT2D eigenvalue weighted by Gasteiger charge is 2.11. The van der Waals surface area contributed by atoms with E-state index in [1.807, 2.05) is 0 Å². The van der Waals surface area contributed by atoms with E-state index in [4.69, 9.17) is 14.2 Å². The van der Waals surface area contributed by atoms with Crippen molar-refractivity contribution in [1.82, 2.24) is 0 Å². The van der Waals surface area contributed by atoms with Crippen LogP contribution < -0.4 is 9.47 Å². The van der Waals surface area contributed by atoms with Gasteiger partial charge in [-0.25, -0.2) is 9.18 Å². The molecule has 0 aliphatic heterocycles. The lowest BCUT2D eigenvalue weighted by atomic mass is 10.1. The molecule has 6 heteroatoms. The molecule has 2 aromatic rings. The quantitative estimate of drug-likeness (QED) is 0.438. The smallest absolute Gasteiger partial charge is 0.331 e. The van der Waals surface area contributed by atoms with E-state index in [9.17, 15) is 14.0 Å². The van der Waals surface area contributed by atoms with Gasteiger partial charge in [0.1, 0.15) is 5.75 Å². The molecular weight excluding hydrogens is 327 g/mol. The van der Waals surface area contributed by atoms with Crippen molar-refractivity contribution in [2.24, 2.45) is 0 Å². The van der Waals surface area contributed by atoms with E-state index in [-0.39, 0.29) is 11.3 Å². The molecule has 0 bridgehead atoms. The molecule has 0 saturated carbocycles. The van der Waals surface area contributed by atoms with Crippen molar-refractivity contribution in [3.8, 4) is 11.5 Å². The highest BCUT2D eigenvalue weighted by molar-refractivity contribution is 5.99. The van der Waals surface area contributed by atoms with E-state index in [1.165, 1.54) is 25.3 Å². The third-order valence-corrected chi connectivity index (χ3v) is 3.35. The number of Topliss-reactive ketones (excluding diaryl/α,β-unsaturated/α-hetero) is 1. The Kier molecular flexibility index (Phi) is 6.28. The molecule has 0 aliphatic carbocycles. The maximum absolute atomic E-state index is 13.6.